The molecule has 0 amide bonds. The average Bonchev–Trinajstić information content (AvgIpc) is 2.94. The second kappa shape index (κ2) is 9.98. The fraction of sp³-hybridized carbons (Fsp3) is 0.750. The van der Waals surface area contributed by atoms with E-state index in [0.717, 1.165) is 29.6 Å². The minimum absolute atomic E-state index is 0.0457. The molecule has 1 unspecified atom stereocenters. The van der Waals surface area contributed by atoms with Crippen LogP contribution in [0.25, 0.3) is 0 Å². The predicted octanol–water partition coefficient (Wildman–Crippen LogP) is 2.19. The Morgan fingerprint density at radius 1 is 1.38 bits per heavy atom. The lowest BCUT2D eigenvalue weighted by atomic mass is 10.2. The highest BCUT2D eigenvalue weighted by Crippen LogP contribution is 2.19. The Hall–Kier alpha value is -1.15. The van der Waals surface area contributed by atoms with Gasteiger partial charge in [0, 0.05) is 43.1 Å². The molecule has 1 aromatic rings. The first-order valence-corrected chi connectivity index (χ1v) is 11.3. The molecule has 2 N–H and O–H groups in total. The van der Waals surface area contributed by atoms with E-state index in [1.807, 2.05) is 13.8 Å². The Morgan fingerprint density at radius 3 is 2.62 bits per heavy atom. The van der Waals surface area contributed by atoms with Gasteiger partial charge >= 0.3 is 0 Å². The molecule has 1 atom stereocenters. The molecule has 0 spiro atoms. The number of aliphatic imine (C=N–C) groups is 1. The molecule has 0 aliphatic rings. The van der Waals surface area contributed by atoms with E-state index in [1.165, 1.54) is 6.26 Å². The van der Waals surface area contributed by atoms with Crippen LogP contribution in [0.2, 0.25) is 0 Å². The third-order valence-corrected chi connectivity index (χ3v) is 5.52. The standard InChI is InChI=1S/C16H30N4O2S2/c1-6-17-16(19-13(4)8-10-24(5,21)22)18-9-7-14-11-23-15(20-14)12(2)3/h11-13H,6-10H2,1-5H3,(H2,17,18,19). The number of thiazole rings is 1. The molecule has 0 radical (unpaired) electrons. The molecule has 0 saturated carbocycles. The van der Waals surface area contributed by atoms with Crippen LogP contribution in [0.3, 0.4) is 0 Å². The molecular formula is C16H30N4O2S2. The van der Waals surface area contributed by atoms with Crippen molar-refractivity contribution in [3.05, 3.63) is 16.1 Å². The number of hydrogen-bond acceptors (Lipinski definition) is 5. The van der Waals surface area contributed by atoms with E-state index in [2.05, 4.69) is 39.8 Å². The number of nitrogens with zero attached hydrogens (tertiary/aromatic N) is 2. The van der Waals surface area contributed by atoms with Gasteiger partial charge in [0.05, 0.1) is 16.5 Å². The summed E-state index contributed by atoms with van der Waals surface area (Å²) in [5, 5.41) is 9.71. The topological polar surface area (TPSA) is 83.4 Å². The summed E-state index contributed by atoms with van der Waals surface area (Å²) in [6.45, 7) is 9.67. The van der Waals surface area contributed by atoms with E-state index in [0.29, 0.717) is 18.9 Å². The van der Waals surface area contributed by atoms with Gasteiger partial charge in [-0.3, -0.25) is 4.99 Å². The van der Waals surface area contributed by atoms with Gasteiger partial charge in [-0.05, 0) is 20.3 Å². The van der Waals surface area contributed by atoms with E-state index in [1.54, 1.807) is 11.3 Å². The zero-order valence-corrected chi connectivity index (χ0v) is 16.9. The molecule has 8 heteroatoms. The molecule has 0 aliphatic carbocycles. The molecule has 6 nitrogen and oxygen atoms in total. The summed E-state index contributed by atoms with van der Waals surface area (Å²) in [4.78, 5) is 9.17. The molecule has 0 fully saturated rings. The van der Waals surface area contributed by atoms with Crippen molar-refractivity contribution < 1.29 is 8.42 Å². The summed E-state index contributed by atoms with van der Waals surface area (Å²) in [6, 6.07) is 0.0457. The van der Waals surface area contributed by atoms with Crippen molar-refractivity contribution in [2.24, 2.45) is 4.99 Å². The monoisotopic (exact) mass is 374 g/mol. The summed E-state index contributed by atoms with van der Waals surface area (Å²) < 4.78 is 22.5. The zero-order valence-electron chi connectivity index (χ0n) is 15.3. The van der Waals surface area contributed by atoms with Crippen LogP contribution >= 0.6 is 11.3 Å². The van der Waals surface area contributed by atoms with Crippen LogP contribution in [-0.4, -0.2) is 50.5 Å². The largest absolute Gasteiger partial charge is 0.357 e. The van der Waals surface area contributed by atoms with Crippen molar-refractivity contribution >= 4 is 27.1 Å². The second-order valence-electron chi connectivity index (χ2n) is 6.31. The first kappa shape index (κ1) is 20.9. The quantitative estimate of drug-likeness (QED) is 0.511. The normalized spacial score (nSPS) is 14.0. The SMILES string of the molecule is CCNC(=NCCc1csc(C(C)C)n1)NC(C)CCS(C)(=O)=O. The highest BCUT2D eigenvalue weighted by Gasteiger charge is 2.10. The average molecular weight is 375 g/mol. The minimum Gasteiger partial charge on any atom is -0.357 e. The van der Waals surface area contributed by atoms with Crippen LogP contribution in [0, 0.1) is 0 Å². The Labute approximate surface area is 150 Å². The fourth-order valence-corrected chi connectivity index (χ4v) is 3.65. The Morgan fingerprint density at radius 2 is 2.08 bits per heavy atom. The minimum atomic E-state index is -2.93. The molecule has 0 bridgehead atoms. The summed E-state index contributed by atoms with van der Waals surface area (Å²) in [5.74, 6) is 1.36. The maximum absolute atomic E-state index is 11.2. The molecule has 1 heterocycles. The van der Waals surface area contributed by atoms with Crippen molar-refractivity contribution in [1.82, 2.24) is 15.6 Å². The van der Waals surface area contributed by atoms with Gasteiger partial charge in [0.2, 0.25) is 0 Å². The third kappa shape index (κ3) is 8.63. The molecule has 0 aliphatic heterocycles. The lowest BCUT2D eigenvalue weighted by molar-refractivity contribution is 0.581. The third-order valence-electron chi connectivity index (χ3n) is 3.35. The maximum atomic E-state index is 11.2. The van der Waals surface area contributed by atoms with E-state index in [-0.39, 0.29) is 11.8 Å². The Kier molecular flexibility index (Phi) is 8.69. The Bertz CT molecular complexity index is 624. The van der Waals surface area contributed by atoms with Crippen LogP contribution in [0.5, 0.6) is 0 Å². The van der Waals surface area contributed by atoms with E-state index in [4.69, 9.17) is 0 Å². The molecule has 138 valence electrons. The van der Waals surface area contributed by atoms with Gasteiger partial charge in [-0.25, -0.2) is 13.4 Å². The van der Waals surface area contributed by atoms with E-state index < -0.39 is 9.84 Å². The smallest absolute Gasteiger partial charge is 0.191 e. The van der Waals surface area contributed by atoms with Gasteiger partial charge in [0.15, 0.2) is 5.96 Å². The van der Waals surface area contributed by atoms with Crippen molar-refractivity contribution in [3.8, 4) is 0 Å². The van der Waals surface area contributed by atoms with Crippen molar-refractivity contribution in [3.63, 3.8) is 0 Å². The lowest BCUT2D eigenvalue weighted by Gasteiger charge is -2.17. The first-order chi connectivity index (χ1) is 11.2. The van der Waals surface area contributed by atoms with Gasteiger partial charge in [-0.1, -0.05) is 13.8 Å². The van der Waals surface area contributed by atoms with Crippen molar-refractivity contribution in [2.45, 2.75) is 52.5 Å². The number of aromatic nitrogens is 1. The molecule has 24 heavy (non-hydrogen) atoms. The molecule has 0 saturated heterocycles. The molecule has 0 aromatic carbocycles. The zero-order chi connectivity index (χ0) is 18.2. The van der Waals surface area contributed by atoms with Gasteiger partial charge in [-0.15, -0.1) is 11.3 Å². The van der Waals surface area contributed by atoms with Crippen LogP contribution in [0.15, 0.2) is 10.4 Å². The number of hydrogen-bond donors (Lipinski definition) is 2. The fourth-order valence-electron chi connectivity index (χ4n) is 2.00. The molecular weight excluding hydrogens is 344 g/mol. The first-order valence-electron chi connectivity index (χ1n) is 8.38. The Balaban J connectivity index is 2.51. The van der Waals surface area contributed by atoms with Crippen molar-refractivity contribution in [1.29, 1.82) is 0 Å². The summed E-state index contributed by atoms with van der Waals surface area (Å²) >= 11 is 1.70. The van der Waals surface area contributed by atoms with Crippen LogP contribution in [-0.2, 0) is 16.3 Å². The van der Waals surface area contributed by atoms with Crippen molar-refractivity contribution in [2.75, 3.05) is 25.1 Å². The molecule has 1 aromatic heterocycles. The summed E-state index contributed by atoms with van der Waals surface area (Å²) in [6.07, 6.45) is 2.63. The van der Waals surface area contributed by atoms with Crippen LogP contribution in [0.1, 0.15) is 50.7 Å². The van der Waals surface area contributed by atoms with Gasteiger partial charge in [0.25, 0.3) is 0 Å². The lowest BCUT2D eigenvalue weighted by Crippen LogP contribution is -2.43. The highest BCUT2D eigenvalue weighted by molar-refractivity contribution is 7.90. The van der Waals surface area contributed by atoms with Gasteiger partial charge in [0.1, 0.15) is 9.84 Å². The number of sulfone groups is 1. The summed E-state index contributed by atoms with van der Waals surface area (Å²) in [7, 11) is -2.93. The van der Waals surface area contributed by atoms with Gasteiger partial charge in [-0.2, -0.15) is 0 Å². The highest BCUT2D eigenvalue weighted by atomic mass is 32.2. The van der Waals surface area contributed by atoms with Crippen LogP contribution < -0.4 is 10.6 Å². The van der Waals surface area contributed by atoms with E-state index in [9.17, 15) is 8.42 Å². The maximum Gasteiger partial charge on any atom is 0.191 e. The van der Waals surface area contributed by atoms with Gasteiger partial charge < -0.3 is 10.6 Å². The number of nitrogens with one attached hydrogen (secondary N) is 2. The summed E-state index contributed by atoms with van der Waals surface area (Å²) in [5.41, 5.74) is 1.08. The second-order valence-corrected chi connectivity index (χ2v) is 9.46. The molecule has 1 rings (SSSR count). The van der Waals surface area contributed by atoms with Crippen LogP contribution in [0.4, 0.5) is 0 Å². The van der Waals surface area contributed by atoms with E-state index >= 15 is 0 Å². The number of guanidine groups is 1. The predicted molar refractivity (Wildman–Crippen MR) is 103 cm³/mol. The number of rotatable bonds is 9.